The number of benzene rings is 2. The van der Waals surface area contributed by atoms with E-state index >= 15 is 0 Å². The highest BCUT2D eigenvalue weighted by Gasteiger charge is 2.24. The molecule has 166 valence electrons. The summed E-state index contributed by atoms with van der Waals surface area (Å²) in [5.41, 5.74) is 0.541. The normalized spacial score (nSPS) is 14.8. The van der Waals surface area contributed by atoms with E-state index in [1.54, 1.807) is 29.2 Å². The van der Waals surface area contributed by atoms with Gasteiger partial charge in [-0.15, -0.1) is 0 Å². The summed E-state index contributed by atoms with van der Waals surface area (Å²) in [5.74, 6) is 0.532. The van der Waals surface area contributed by atoms with Crippen molar-refractivity contribution in [3.05, 3.63) is 54.6 Å². The molecule has 1 aliphatic rings. The SMILES string of the molecule is CC(=O)Nc1ccc(S(=O)(=O)NCC2CCN(C(=O)COc3ccccc3)CC2)cc1. The van der Waals surface area contributed by atoms with Gasteiger partial charge in [-0.25, -0.2) is 13.1 Å². The number of piperidine rings is 1. The number of anilines is 1. The van der Waals surface area contributed by atoms with Gasteiger partial charge in [0, 0.05) is 32.2 Å². The Labute approximate surface area is 182 Å². The lowest BCUT2D eigenvalue weighted by Gasteiger charge is -2.32. The van der Waals surface area contributed by atoms with Gasteiger partial charge >= 0.3 is 0 Å². The lowest BCUT2D eigenvalue weighted by molar-refractivity contribution is -0.134. The highest BCUT2D eigenvalue weighted by atomic mass is 32.2. The zero-order chi connectivity index (χ0) is 22.3. The van der Waals surface area contributed by atoms with Gasteiger partial charge in [0.1, 0.15) is 5.75 Å². The molecular formula is C22H27N3O5S. The molecule has 1 saturated heterocycles. The van der Waals surface area contributed by atoms with Crippen LogP contribution in [0.1, 0.15) is 19.8 Å². The van der Waals surface area contributed by atoms with E-state index in [2.05, 4.69) is 10.0 Å². The van der Waals surface area contributed by atoms with Crippen LogP contribution in [-0.4, -0.2) is 51.4 Å². The largest absolute Gasteiger partial charge is 0.484 e. The number of amides is 2. The van der Waals surface area contributed by atoms with Crippen molar-refractivity contribution in [2.24, 2.45) is 5.92 Å². The number of ether oxygens (including phenoxy) is 1. The van der Waals surface area contributed by atoms with E-state index in [9.17, 15) is 18.0 Å². The number of nitrogens with one attached hydrogen (secondary N) is 2. The van der Waals surface area contributed by atoms with Gasteiger partial charge in [-0.3, -0.25) is 9.59 Å². The summed E-state index contributed by atoms with van der Waals surface area (Å²) in [6, 6.07) is 15.2. The number of rotatable bonds is 8. The second kappa shape index (κ2) is 10.4. The van der Waals surface area contributed by atoms with Crippen molar-refractivity contribution in [3.63, 3.8) is 0 Å². The molecule has 1 fully saturated rings. The van der Waals surface area contributed by atoms with Crippen LogP contribution >= 0.6 is 0 Å². The number of hydrogen-bond acceptors (Lipinski definition) is 5. The minimum Gasteiger partial charge on any atom is -0.484 e. The van der Waals surface area contributed by atoms with Gasteiger partial charge in [-0.05, 0) is 55.2 Å². The van der Waals surface area contributed by atoms with Gasteiger partial charge in [-0.1, -0.05) is 18.2 Å². The van der Waals surface area contributed by atoms with Crippen molar-refractivity contribution in [2.45, 2.75) is 24.7 Å². The summed E-state index contributed by atoms with van der Waals surface area (Å²) in [5, 5.41) is 2.60. The molecule has 8 nitrogen and oxygen atoms in total. The molecule has 3 rings (SSSR count). The second-order valence-corrected chi connectivity index (χ2v) is 9.25. The first-order valence-electron chi connectivity index (χ1n) is 10.2. The molecule has 2 N–H and O–H groups in total. The molecular weight excluding hydrogens is 418 g/mol. The maximum Gasteiger partial charge on any atom is 0.260 e. The van der Waals surface area contributed by atoms with Gasteiger partial charge in [-0.2, -0.15) is 0 Å². The summed E-state index contributed by atoms with van der Waals surface area (Å²) < 4.78 is 33.2. The smallest absolute Gasteiger partial charge is 0.260 e. The molecule has 0 spiro atoms. The van der Waals surface area contributed by atoms with Crippen LogP contribution in [0.4, 0.5) is 5.69 Å². The Bertz CT molecular complexity index is 986. The molecule has 0 radical (unpaired) electrons. The van der Waals surface area contributed by atoms with E-state index in [1.165, 1.54) is 19.1 Å². The molecule has 2 aromatic carbocycles. The Morgan fingerprint density at radius 2 is 1.68 bits per heavy atom. The van der Waals surface area contributed by atoms with Crippen molar-refractivity contribution in [1.82, 2.24) is 9.62 Å². The van der Waals surface area contributed by atoms with Crippen LogP contribution in [-0.2, 0) is 19.6 Å². The van der Waals surface area contributed by atoms with Gasteiger partial charge in [0.15, 0.2) is 6.61 Å². The van der Waals surface area contributed by atoms with Gasteiger partial charge < -0.3 is 15.0 Å². The number of nitrogens with zero attached hydrogens (tertiary/aromatic N) is 1. The van der Waals surface area contributed by atoms with Crippen molar-refractivity contribution in [1.29, 1.82) is 0 Å². The van der Waals surface area contributed by atoms with E-state index in [0.717, 1.165) is 12.8 Å². The van der Waals surface area contributed by atoms with E-state index < -0.39 is 10.0 Å². The van der Waals surface area contributed by atoms with Crippen molar-refractivity contribution in [3.8, 4) is 5.75 Å². The third kappa shape index (κ3) is 6.80. The predicted octanol–water partition coefficient (Wildman–Crippen LogP) is 2.24. The number of hydrogen-bond donors (Lipinski definition) is 2. The zero-order valence-electron chi connectivity index (χ0n) is 17.4. The fourth-order valence-electron chi connectivity index (χ4n) is 3.37. The van der Waals surface area contributed by atoms with Crippen LogP contribution in [0.25, 0.3) is 0 Å². The number of sulfonamides is 1. The monoisotopic (exact) mass is 445 g/mol. The summed E-state index contributed by atoms with van der Waals surface area (Å²) >= 11 is 0. The van der Waals surface area contributed by atoms with E-state index in [1.807, 2.05) is 18.2 Å². The molecule has 1 heterocycles. The predicted molar refractivity (Wildman–Crippen MR) is 117 cm³/mol. The number of carbonyl (C=O) groups excluding carboxylic acids is 2. The maximum atomic E-state index is 12.5. The summed E-state index contributed by atoms with van der Waals surface area (Å²) in [4.78, 5) is 25.3. The molecule has 0 atom stereocenters. The highest BCUT2D eigenvalue weighted by molar-refractivity contribution is 7.89. The van der Waals surface area contributed by atoms with Crippen LogP contribution in [0.5, 0.6) is 5.75 Å². The fourth-order valence-corrected chi connectivity index (χ4v) is 4.49. The molecule has 2 aromatic rings. The molecule has 9 heteroatoms. The van der Waals surface area contributed by atoms with Crippen molar-refractivity contribution < 1.29 is 22.7 Å². The van der Waals surface area contributed by atoms with Gasteiger partial charge in [0.2, 0.25) is 15.9 Å². The quantitative estimate of drug-likeness (QED) is 0.648. The molecule has 31 heavy (non-hydrogen) atoms. The average molecular weight is 446 g/mol. The fraction of sp³-hybridized carbons (Fsp3) is 0.364. The van der Waals surface area contributed by atoms with Gasteiger partial charge in [0.05, 0.1) is 4.90 Å². The molecule has 0 unspecified atom stereocenters. The molecule has 1 aliphatic heterocycles. The van der Waals surface area contributed by atoms with Crippen LogP contribution in [0.3, 0.4) is 0 Å². The van der Waals surface area contributed by atoms with Crippen molar-refractivity contribution in [2.75, 3.05) is 31.6 Å². The van der Waals surface area contributed by atoms with Gasteiger partial charge in [0.25, 0.3) is 5.91 Å². The Balaban J connectivity index is 1.43. The number of likely N-dealkylation sites (tertiary alicyclic amines) is 1. The number of para-hydroxylation sites is 1. The first-order valence-corrected chi connectivity index (χ1v) is 11.6. The summed E-state index contributed by atoms with van der Waals surface area (Å²) in [7, 11) is -3.64. The van der Waals surface area contributed by atoms with E-state index in [4.69, 9.17) is 4.74 Å². The lowest BCUT2D eigenvalue weighted by Crippen LogP contribution is -2.43. The minimum absolute atomic E-state index is 0.00418. The Kier molecular flexibility index (Phi) is 7.64. The first kappa shape index (κ1) is 22.8. The number of carbonyl (C=O) groups is 2. The summed E-state index contributed by atoms with van der Waals surface area (Å²) in [6.45, 7) is 2.86. The Morgan fingerprint density at radius 1 is 1.03 bits per heavy atom. The highest BCUT2D eigenvalue weighted by Crippen LogP contribution is 2.19. The van der Waals surface area contributed by atoms with Crippen LogP contribution in [0.2, 0.25) is 0 Å². The Hall–Kier alpha value is -2.91. The summed E-state index contributed by atoms with van der Waals surface area (Å²) in [6.07, 6.45) is 1.45. The second-order valence-electron chi connectivity index (χ2n) is 7.48. The third-order valence-electron chi connectivity index (χ3n) is 5.12. The molecule has 0 bridgehead atoms. The Morgan fingerprint density at radius 3 is 2.29 bits per heavy atom. The lowest BCUT2D eigenvalue weighted by atomic mass is 9.97. The molecule has 2 amide bonds. The average Bonchev–Trinajstić information content (AvgIpc) is 2.77. The maximum absolute atomic E-state index is 12.5. The van der Waals surface area contributed by atoms with E-state index in [0.29, 0.717) is 31.1 Å². The molecule has 0 aromatic heterocycles. The standard InChI is InChI=1S/C22H27N3O5S/c1-17(26)24-19-7-9-21(10-8-19)31(28,29)23-15-18-11-13-25(14-12-18)22(27)16-30-20-5-3-2-4-6-20/h2-10,18,23H,11-16H2,1H3,(H,24,26). The van der Waals surface area contributed by atoms with Crippen LogP contribution < -0.4 is 14.8 Å². The zero-order valence-corrected chi connectivity index (χ0v) is 18.2. The third-order valence-corrected chi connectivity index (χ3v) is 6.56. The first-order chi connectivity index (χ1) is 14.8. The van der Waals surface area contributed by atoms with Crippen LogP contribution in [0, 0.1) is 5.92 Å². The minimum atomic E-state index is -3.64. The van der Waals surface area contributed by atoms with Crippen LogP contribution in [0.15, 0.2) is 59.5 Å². The molecule has 0 aliphatic carbocycles. The molecule has 0 saturated carbocycles. The topological polar surface area (TPSA) is 105 Å². The van der Waals surface area contributed by atoms with Crippen molar-refractivity contribution >= 4 is 27.5 Å². The van der Waals surface area contributed by atoms with E-state index in [-0.39, 0.29) is 29.2 Å².